The van der Waals surface area contributed by atoms with Gasteiger partial charge in [0.05, 0.1) is 6.54 Å². The molecule has 0 saturated carbocycles. The van der Waals surface area contributed by atoms with E-state index in [1.807, 2.05) is 30.9 Å². The molecule has 14 heavy (non-hydrogen) atoms. The molecular formula is C9H13N5. The highest BCUT2D eigenvalue weighted by molar-refractivity contribution is 5.24. The number of anilines is 1. The summed E-state index contributed by atoms with van der Waals surface area (Å²) >= 11 is 0. The average Bonchev–Trinajstić information content (AvgIpc) is 2.72. The molecule has 2 heterocycles. The van der Waals surface area contributed by atoms with Crippen LogP contribution in [0.1, 0.15) is 5.69 Å². The van der Waals surface area contributed by atoms with Gasteiger partial charge in [-0.15, -0.1) is 10.2 Å². The molecule has 2 aromatic rings. The fraction of sp³-hybridized carbons (Fsp3) is 0.333. The predicted molar refractivity (Wildman–Crippen MR) is 53.7 cm³/mol. The summed E-state index contributed by atoms with van der Waals surface area (Å²) < 4.78 is 3.92. The molecule has 5 heteroatoms. The van der Waals surface area contributed by atoms with Gasteiger partial charge in [-0.25, -0.2) is 0 Å². The fourth-order valence-corrected chi connectivity index (χ4v) is 1.29. The molecule has 0 aliphatic rings. The van der Waals surface area contributed by atoms with E-state index in [4.69, 9.17) is 0 Å². The van der Waals surface area contributed by atoms with Crippen LogP contribution in [0.25, 0.3) is 0 Å². The molecule has 0 fully saturated rings. The molecular weight excluding hydrogens is 178 g/mol. The van der Waals surface area contributed by atoms with Crippen LogP contribution in [0.2, 0.25) is 0 Å². The summed E-state index contributed by atoms with van der Waals surface area (Å²) in [4.78, 5) is 0. The minimum Gasteiger partial charge on any atom is -0.353 e. The molecule has 1 N–H and O–H groups in total. The predicted octanol–water partition coefficient (Wildman–Crippen LogP) is 0.766. The van der Waals surface area contributed by atoms with Crippen LogP contribution in [0.4, 0.5) is 5.95 Å². The second-order valence-corrected chi connectivity index (χ2v) is 3.23. The van der Waals surface area contributed by atoms with Crippen molar-refractivity contribution in [2.24, 2.45) is 14.1 Å². The number of rotatable bonds is 3. The Labute approximate surface area is 82.4 Å². The van der Waals surface area contributed by atoms with Crippen LogP contribution in [0.5, 0.6) is 0 Å². The maximum absolute atomic E-state index is 3.94. The molecule has 0 bridgehead atoms. The molecule has 0 saturated heterocycles. The molecule has 5 nitrogen and oxygen atoms in total. The maximum Gasteiger partial charge on any atom is 0.224 e. The van der Waals surface area contributed by atoms with E-state index >= 15 is 0 Å². The summed E-state index contributed by atoms with van der Waals surface area (Å²) in [6.45, 7) is 0.760. The Morgan fingerprint density at radius 1 is 1.36 bits per heavy atom. The van der Waals surface area contributed by atoms with Crippen molar-refractivity contribution in [1.29, 1.82) is 0 Å². The summed E-state index contributed by atoms with van der Waals surface area (Å²) in [6.07, 6.45) is 3.70. The van der Waals surface area contributed by atoms with Gasteiger partial charge in [0.25, 0.3) is 0 Å². The van der Waals surface area contributed by atoms with Gasteiger partial charge in [0.2, 0.25) is 5.95 Å². The van der Waals surface area contributed by atoms with E-state index in [1.54, 1.807) is 6.33 Å². The minimum atomic E-state index is 0.760. The highest BCUT2D eigenvalue weighted by atomic mass is 15.3. The Morgan fingerprint density at radius 3 is 2.79 bits per heavy atom. The normalized spacial score (nSPS) is 10.4. The third-order valence-corrected chi connectivity index (χ3v) is 2.19. The number of nitrogens with zero attached hydrogens (tertiary/aromatic N) is 4. The molecule has 0 aliphatic carbocycles. The minimum absolute atomic E-state index is 0.760. The van der Waals surface area contributed by atoms with Crippen LogP contribution in [-0.4, -0.2) is 19.3 Å². The highest BCUT2D eigenvalue weighted by Crippen LogP contribution is 2.04. The number of hydrogen-bond donors (Lipinski definition) is 1. The lowest BCUT2D eigenvalue weighted by atomic mass is 10.4. The van der Waals surface area contributed by atoms with Gasteiger partial charge < -0.3 is 14.5 Å². The van der Waals surface area contributed by atoms with Gasteiger partial charge >= 0.3 is 0 Å². The van der Waals surface area contributed by atoms with E-state index in [9.17, 15) is 0 Å². The zero-order chi connectivity index (χ0) is 9.97. The molecule has 0 atom stereocenters. The maximum atomic E-state index is 3.94. The van der Waals surface area contributed by atoms with Crippen LogP contribution in [-0.2, 0) is 20.6 Å². The van der Waals surface area contributed by atoms with Crippen LogP contribution >= 0.6 is 0 Å². The molecule has 0 spiro atoms. The number of nitrogens with one attached hydrogen (secondary N) is 1. The Hall–Kier alpha value is -1.78. The quantitative estimate of drug-likeness (QED) is 0.779. The van der Waals surface area contributed by atoms with Crippen molar-refractivity contribution in [2.75, 3.05) is 5.32 Å². The number of hydrogen-bond acceptors (Lipinski definition) is 3. The molecule has 74 valence electrons. The molecule has 0 aromatic carbocycles. The zero-order valence-electron chi connectivity index (χ0n) is 8.31. The van der Waals surface area contributed by atoms with E-state index in [0.717, 1.165) is 12.5 Å². The summed E-state index contributed by atoms with van der Waals surface area (Å²) in [5.74, 6) is 0.784. The molecule has 0 amide bonds. The SMILES string of the molecule is Cn1cccc1CNc1nncn1C. The summed E-state index contributed by atoms with van der Waals surface area (Å²) in [7, 11) is 3.93. The van der Waals surface area contributed by atoms with Gasteiger partial charge in [0, 0.05) is 26.0 Å². The summed E-state index contributed by atoms with van der Waals surface area (Å²) in [5, 5.41) is 10.9. The van der Waals surface area contributed by atoms with Crippen LogP contribution in [0.15, 0.2) is 24.7 Å². The molecule has 2 rings (SSSR count). The first kappa shape index (κ1) is 8.80. The molecule has 0 unspecified atom stereocenters. The lowest BCUT2D eigenvalue weighted by Crippen LogP contribution is -2.07. The van der Waals surface area contributed by atoms with Crippen LogP contribution < -0.4 is 5.32 Å². The van der Waals surface area contributed by atoms with Gasteiger partial charge in [-0.05, 0) is 12.1 Å². The van der Waals surface area contributed by atoms with Crippen molar-refractivity contribution in [1.82, 2.24) is 19.3 Å². The van der Waals surface area contributed by atoms with Crippen molar-refractivity contribution in [3.63, 3.8) is 0 Å². The van der Waals surface area contributed by atoms with Crippen LogP contribution in [0.3, 0.4) is 0 Å². The largest absolute Gasteiger partial charge is 0.353 e. The topological polar surface area (TPSA) is 47.7 Å². The average molecular weight is 191 g/mol. The van der Waals surface area contributed by atoms with Crippen molar-refractivity contribution < 1.29 is 0 Å². The highest BCUT2D eigenvalue weighted by Gasteiger charge is 2.00. The van der Waals surface area contributed by atoms with E-state index in [0.29, 0.717) is 0 Å². The van der Waals surface area contributed by atoms with Gasteiger partial charge in [0.1, 0.15) is 6.33 Å². The monoisotopic (exact) mass is 191 g/mol. The fourth-order valence-electron chi connectivity index (χ4n) is 1.29. The number of aromatic nitrogens is 4. The van der Waals surface area contributed by atoms with E-state index in [-0.39, 0.29) is 0 Å². The number of aryl methyl sites for hydroxylation is 2. The zero-order valence-corrected chi connectivity index (χ0v) is 8.31. The van der Waals surface area contributed by atoms with Crippen molar-refractivity contribution in [3.8, 4) is 0 Å². The Morgan fingerprint density at radius 2 is 2.21 bits per heavy atom. The third-order valence-electron chi connectivity index (χ3n) is 2.19. The first-order chi connectivity index (χ1) is 6.77. The van der Waals surface area contributed by atoms with Gasteiger partial charge in [-0.1, -0.05) is 0 Å². The van der Waals surface area contributed by atoms with E-state index < -0.39 is 0 Å². The van der Waals surface area contributed by atoms with E-state index in [1.165, 1.54) is 5.69 Å². The lowest BCUT2D eigenvalue weighted by molar-refractivity contribution is 0.825. The standard InChI is InChI=1S/C9H13N5/c1-13-5-3-4-8(13)6-10-9-12-11-7-14(9)2/h3-5,7H,6H2,1-2H3,(H,10,12). The van der Waals surface area contributed by atoms with Gasteiger partial charge in [-0.3, -0.25) is 0 Å². The van der Waals surface area contributed by atoms with Crippen molar-refractivity contribution in [3.05, 3.63) is 30.4 Å². The van der Waals surface area contributed by atoms with Gasteiger partial charge in [0.15, 0.2) is 0 Å². The lowest BCUT2D eigenvalue weighted by Gasteiger charge is -2.05. The molecule has 2 aromatic heterocycles. The third kappa shape index (κ3) is 1.61. The molecule has 0 aliphatic heterocycles. The van der Waals surface area contributed by atoms with E-state index in [2.05, 4.69) is 26.1 Å². The first-order valence-corrected chi connectivity index (χ1v) is 4.45. The Balaban J connectivity index is 2.02. The Kier molecular flexibility index (Phi) is 2.22. The van der Waals surface area contributed by atoms with Crippen LogP contribution in [0, 0.1) is 0 Å². The van der Waals surface area contributed by atoms with Crippen molar-refractivity contribution >= 4 is 5.95 Å². The Bertz CT molecular complexity index is 374. The second kappa shape index (κ2) is 3.53. The smallest absolute Gasteiger partial charge is 0.224 e. The summed E-state index contributed by atoms with van der Waals surface area (Å²) in [6, 6.07) is 4.09. The second-order valence-electron chi connectivity index (χ2n) is 3.23. The first-order valence-electron chi connectivity index (χ1n) is 4.45. The van der Waals surface area contributed by atoms with Crippen molar-refractivity contribution in [2.45, 2.75) is 6.54 Å². The van der Waals surface area contributed by atoms with Gasteiger partial charge in [-0.2, -0.15) is 0 Å². The summed E-state index contributed by atoms with van der Waals surface area (Å²) in [5.41, 5.74) is 1.22. The molecule has 0 radical (unpaired) electrons.